The third-order valence-corrected chi connectivity index (χ3v) is 4.29. The Morgan fingerprint density at radius 1 is 1.42 bits per heavy atom. The minimum absolute atomic E-state index is 0.202. The van der Waals surface area contributed by atoms with Crippen LogP contribution in [0.5, 0.6) is 0 Å². The number of rotatable bonds is 1. The van der Waals surface area contributed by atoms with E-state index in [-0.39, 0.29) is 5.82 Å². The molecule has 1 aromatic carbocycles. The second kappa shape index (κ2) is 4.11. The highest BCUT2D eigenvalue weighted by Gasteiger charge is 2.41. The van der Waals surface area contributed by atoms with Crippen molar-refractivity contribution in [1.82, 2.24) is 9.72 Å². The fraction of sp³-hybridized carbons (Fsp3) is 0.231. The molecular formula is C13H12N2O3S. The molecule has 1 aliphatic rings. The standard InChI is InChI=1S/C13H12N2O3S/c1-8-4-3-5-10(6-8)13(17)11-14-18-12(16)15(11)9(2)7-19-13/h3-7,17H,1-2H3/t13-/m0/s1. The van der Waals surface area contributed by atoms with E-state index >= 15 is 0 Å². The lowest BCUT2D eigenvalue weighted by molar-refractivity contribution is 0.164. The number of hydrogen-bond acceptors (Lipinski definition) is 5. The molecule has 2 heterocycles. The van der Waals surface area contributed by atoms with Crippen molar-refractivity contribution in [2.45, 2.75) is 18.8 Å². The Hall–Kier alpha value is -1.79. The molecule has 0 amide bonds. The van der Waals surface area contributed by atoms with Gasteiger partial charge in [-0.3, -0.25) is 4.52 Å². The summed E-state index contributed by atoms with van der Waals surface area (Å²) >= 11 is 1.20. The van der Waals surface area contributed by atoms with E-state index in [9.17, 15) is 9.90 Å². The largest absolute Gasteiger partial charge is 0.446 e. The quantitative estimate of drug-likeness (QED) is 0.861. The summed E-state index contributed by atoms with van der Waals surface area (Å²) in [6.07, 6.45) is 0. The molecular weight excluding hydrogens is 264 g/mol. The van der Waals surface area contributed by atoms with Gasteiger partial charge in [0.25, 0.3) is 0 Å². The number of aryl methyl sites for hydroxylation is 1. The number of benzene rings is 1. The van der Waals surface area contributed by atoms with E-state index in [4.69, 9.17) is 0 Å². The molecule has 0 aliphatic carbocycles. The van der Waals surface area contributed by atoms with Gasteiger partial charge in [0.05, 0.1) is 0 Å². The Balaban J connectivity index is 2.24. The number of aromatic nitrogens is 2. The van der Waals surface area contributed by atoms with Crippen LogP contribution in [-0.4, -0.2) is 14.8 Å². The van der Waals surface area contributed by atoms with Gasteiger partial charge in [0, 0.05) is 11.3 Å². The van der Waals surface area contributed by atoms with Crippen LogP contribution in [0, 0.1) is 6.92 Å². The molecule has 3 rings (SSSR count). The van der Waals surface area contributed by atoms with E-state index in [0.717, 1.165) is 5.56 Å². The molecule has 0 saturated heterocycles. The first-order valence-corrected chi connectivity index (χ1v) is 6.64. The van der Waals surface area contributed by atoms with Crippen molar-refractivity contribution in [2.75, 3.05) is 0 Å². The lowest BCUT2D eigenvalue weighted by Crippen LogP contribution is -2.32. The van der Waals surface area contributed by atoms with E-state index in [1.54, 1.807) is 18.4 Å². The van der Waals surface area contributed by atoms with E-state index < -0.39 is 10.7 Å². The SMILES string of the molecule is CC1=CS[C@@](O)(c2cccc(C)c2)c2noc(=O)n21. The summed E-state index contributed by atoms with van der Waals surface area (Å²) in [5, 5.41) is 16.3. The van der Waals surface area contributed by atoms with Gasteiger partial charge < -0.3 is 5.11 Å². The smallest absolute Gasteiger partial charge is 0.368 e. The molecule has 98 valence electrons. The summed E-state index contributed by atoms with van der Waals surface area (Å²) < 4.78 is 5.97. The van der Waals surface area contributed by atoms with Gasteiger partial charge in [0.15, 0.2) is 0 Å². The van der Waals surface area contributed by atoms with Crippen molar-refractivity contribution in [1.29, 1.82) is 0 Å². The lowest BCUT2D eigenvalue weighted by atomic mass is 10.1. The van der Waals surface area contributed by atoms with Crippen LogP contribution >= 0.6 is 11.8 Å². The molecule has 1 aromatic heterocycles. The minimum Gasteiger partial charge on any atom is -0.368 e. The van der Waals surface area contributed by atoms with E-state index in [0.29, 0.717) is 11.3 Å². The van der Waals surface area contributed by atoms with Crippen LogP contribution in [0.15, 0.2) is 39.0 Å². The van der Waals surface area contributed by atoms with Gasteiger partial charge in [-0.2, -0.15) is 0 Å². The normalized spacial score (nSPS) is 21.9. The maximum absolute atomic E-state index is 11.6. The molecule has 0 saturated carbocycles. The Morgan fingerprint density at radius 3 is 2.95 bits per heavy atom. The number of fused-ring (bicyclic) bond motifs is 1. The van der Waals surface area contributed by atoms with Crippen molar-refractivity contribution in [3.63, 3.8) is 0 Å². The van der Waals surface area contributed by atoms with Gasteiger partial charge in [-0.1, -0.05) is 46.7 Å². The second-order valence-corrected chi connectivity index (χ2v) is 5.56. The van der Waals surface area contributed by atoms with Crippen molar-refractivity contribution in [3.8, 4) is 0 Å². The Kier molecular flexibility index (Phi) is 2.65. The molecule has 1 atom stereocenters. The van der Waals surface area contributed by atoms with Crippen LogP contribution in [0.25, 0.3) is 5.70 Å². The predicted molar refractivity (Wildman–Crippen MR) is 72.5 cm³/mol. The molecule has 1 aliphatic heterocycles. The fourth-order valence-electron chi connectivity index (χ4n) is 2.10. The third kappa shape index (κ3) is 1.75. The zero-order valence-corrected chi connectivity index (χ0v) is 11.3. The topological polar surface area (TPSA) is 68.3 Å². The van der Waals surface area contributed by atoms with E-state index in [2.05, 4.69) is 9.68 Å². The molecule has 5 nitrogen and oxygen atoms in total. The first kappa shape index (κ1) is 12.3. The van der Waals surface area contributed by atoms with Gasteiger partial charge in [0.1, 0.15) is 0 Å². The van der Waals surface area contributed by atoms with E-state index in [1.165, 1.54) is 16.3 Å². The van der Waals surface area contributed by atoms with Crippen LogP contribution in [0.3, 0.4) is 0 Å². The average molecular weight is 276 g/mol. The summed E-state index contributed by atoms with van der Waals surface area (Å²) in [5.41, 5.74) is 2.38. The maximum Gasteiger partial charge on any atom is 0.446 e. The third-order valence-electron chi connectivity index (χ3n) is 3.07. The Bertz CT molecular complexity index is 731. The second-order valence-electron chi connectivity index (χ2n) is 4.50. The van der Waals surface area contributed by atoms with Crippen LogP contribution in [-0.2, 0) is 4.93 Å². The molecule has 0 radical (unpaired) electrons. The summed E-state index contributed by atoms with van der Waals surface area (Å²) in [4.78, 5) is 10.2. The van der Waals surface area contributed by atoms with Crippen molar-refractivity contribution in [2.24, 2.45) is 0 Å². The summed E-state index contributed by atoms with van der Waals surface area (Å²) in [6.45, 7) is 3.71. The van der Waals surface area contributed by atoms with Gasteiger partial charge in [-0.25, -0.2) is 9.36 Å². The zero-order valence-electron chi connectivity index (χ0n) is 10.5. The predicted octanol–water partition coefficient (Wildman–Crippen LogP) is 1.90. The average Bonchev–Trinajstić information content (AvgIpc) is 2.78. The number of thioether (sulfide) groups is 1. The van der Waals surface area contributed by atoms with Crippen LogP contribution in [0.1, 0.15) is 23.9 Å². The molecule has 0 bridgehead atoms. The minimum atomic E-state index is -1.41. The van der Waals surface area contributed by atoms with Crippen LogP contribution < -0.4 is 5.76 Å². The maximum atomic E-state index is 11.6. The number of nitrogens with zero attached hydrogens (tertiary/aromatic N) is 2. The summed E-state index contributed by atoms with van der Waals surface area (Å²) in [6, 6.07) is 7.47. The highest BCUT2D eigenvalue weighted by Crippen LogP contribution is 2.44. The highest BCUT2D eigenvalue weighted by atomic mass is 32.2. The first-order valence-electron chi connectivity index (χ1n) is 5.76. The Labute approximate surface area is 113 Å². The van der Waals surface area contributed by atoms with Crippen molar-refractivity contribution < 1.29 is 9.63 Å². The zero-order chi connectivity index (χ0) is 13.6. The summed E-state index contributed by atoms with van der Waals surface area (Å²) in [5.74, 6) is -0.386. The number of allylic oxidation sites excluding steroid dienone is 1. The lowest BCUT2D eigenvalue weighted by Gasteiger charge is -2.28. The van der Waals surface area contributed by atoms with E-state index in [1.807, 2.05) is 25.1 Å². The molecule has 0 unspecified atom stereocenters. The molecule has 6 heteroatoms. The highest BCUT2D eigenvalue weighted by molar-refractivity contribution is 8.03. The van der Waals surface area contributed by atoms with Crippen molar-refractivity contribution >= 4 is 17.5 Å². The van der Waals surface area contributed by atoms with Crippen LogP contribution in [0.2, 0.25) is 0 Å². The molecule has 19 heavy (non-hydrogen) atoms. The first-order chi connectivity index (χ1) is 9.02. The monoisotopic (exact) mass is 276 g/mol. The van der Waals surface area contributed by atoms with Gasteiger partial charge in [-0.05, 0) is 19.3 Å². The fourth-order valence-corrected chi connectivity index (χ4v) is 3.05. The molecule has 1 N–H and O–H groups in total. The van der Waals surface area contributed by atoms with Gasteiger partial charge in [0.2, 0.25) is 10.8 Å². The molecule has 2 aromatic rings. The molecule has 0 fully saturated rings. The molecule has 0 spiro atoms. The summed E-state index contributed by atoms with van der Waals surface area (Å²) in [7, 11) is 0. The van der Waals surface area contributed by atoms with Gasteiger partial charge >= 0.3 is 5.76 Å². The number of hydrogen-bond donors (Lipinski definition) is 1. The number of aliphatic hydroxyl groups is 1. The van der Waals surface area contributed by atoms with Crippen molar-refractivity contribution in [3.05, 3.63) is 57.2 Å². The van der Waals surface area contributed by atoms with Gasteiger partial charge in [-0.15, -0.1) is 0 Å². The Morgan fingerprint density at radius 2 is 2.21 bits per heavy atom. The van der Waals surface area contributed by atoms with Crippen LogP contribution in [0.4, 0.5) is 0 Å².